The second-order valence-electron chi connectivity index (χ2n) is 6.43. The monoisotopic (exact) mass is 316 g/mol. The highest BCUT2D eigenvalue weighted by atomic mass is 19.4. The molecule has 122 valence electrons. The third kappa shape index (κ3) is 4.08. The summed E-state index contributed by atoms with van der Waals surface area (Å²) in [4.78, 5) is 20.9. The minimum absolute atomic E-state index is 0.0832. The molecule has 0 saturated carbocycles. The lowest BCUT2D eigenvalue weighted by atomic mass is 10.0. The highest BCUT2D eigenvalue weighted by Gasteiger charge is 2.35. The predicted molar refractivity (Wildman–Crippen MR) is 75.2 cm³/mol. The Morgan fingerprint density at radius 1 is 1.32 bits per heavy atom. The van der Waals surface area contributed by atoms with E-state index in [0.717, 1.165) is 12.4 Å². The van der Waals surface area contributed by atoms with Gasteiger partial charge in [-0.3, -0.25) is 4.79 Å². The molecular weight excluding hydrogens is 297 g/mol. The number of carbonyl (C=O) groups excluding carboxylic acids is 1. The highest BCUT2D eigenvalue weighted by Crippen LogP contribution is 2.30. The molecule has 0 aromatic carbocycles. The Morgan fingerprint density at radius 3 is 2.59 bits per heavy atom. The number of hydrogen-bond acceptors (Lipinski definition) is 4. The summed E-state index contributed by atoms with van der Waals surface area (Å²) in [5.74, 6) is -0.128. The molecule has 0 aliphatic carbocycles. The van der Waals surface area contributed by atoms with Gasteiger partial charge in [0.15, 0.2) is 0 Å². The summed E-state index contributed by atoms with van der Waals surface area (Å²) in [6.45, 7) is 6.51. The van der Waals surface area contributed by atoms with Crippen molar-refractivity contribution in [1.82, 2.24) is 15.3 Å². The molecular formula is C14H19F3N4O. The molecule has 1 fully saturated rings. The first-order valence-corrected chi connectivity index (χ1v) is 7.02. The SMILES string of the molecule is CC(C)(C)NC(=O)C1CCN(c2cc(C(F)(F)F)ncn2)C1. The fourth-order valence-electron chi connectivity index (χ4n) is 2.33. The van der Waals surface area contributed by atoms with Gasteiger partial charge in [0.2, 0.25) is 5.91 Å². The third-order valence-electron chi connectivity index (χ3n) is 3.32. The first-order chi connectivity index (χ1) is 10.1. The van der Waals surface area contributed by atoms with Gasteiger partial charge < -0.3 is 10.2 Å². The van der Waals surface area contributed by atoms with Gasteiger partial charge in [0.25, 0.3) is 0 Å². The van der Waals surface area contributed by atoms with Gasteiger partial charge >= 0.3 is 6.18 Å². The molecule has 2 heterocycles. The zero-order valence-corrected chi connectivity index (χ0v) is 12.7. The lowest BCUT2D eigenvalue weighted by molar-refractivity contribution is -0.141. The van der Waals surface area contributed by atoms with E-state index in [2.05, 4.69) is 15.3 Å². The van der Waals surface area contributed by atoms with Crippen LogP contribution < -0.4 is 10.2 Å². The van der Waals surface area contributed by atoms with Gasteiger partial charge in [0.05, 0.1) is 5.92 Å². The molecule has 0 radical (unpaired) electrons. The second-order valence-corrected chi connectivity index (χ2v) is 6.43. The minimum atomic E-state index is -4.50. The molecule has 0 bridgehead atoms. The quantitative estimate of drug-likeness (QED) is 0.909. The van der Waals surface area contributed by atoms with Crippen LogP contribution >= 0.6 is 0 Å². The Balaban J connectivity index is 2.06. The number of nitrogens with zero attached hydrogens (tertiary/aromatic N) is 3. The van der Waals surface area contributed by atoms with E-state index in [-0.39, 0.29) is 23.2 Å². The molecule has 1 N–H and O–H groups in total. The number of rotatable bonds is 2. The zero-order valence-electron chi connectivity index (χ0n) is 12.7. The Hall–Kier alpha value is -1.86. The fourth-order valence-corrected chi connectivity index (χ4v) is 2.33. The number of carbonyl (C=O) groups is 1. The lowest BCUT2D eigenvalue weighted by Crippen LogP contribution is -2.44. The van der Waals surface area contributed by atoms with Crippen molar-refractivity contribution in [2.24, 2.45) is 5.92 Å². The second kappa shape index (κ2) is 5.73. The van der Waals surface area contributed by atoms with Crippen molar-refractivity contribution in [2.45, 2.75) is 38.9 Å². The molecule has 1 aromatic heterocycles. The van der Waals surface area contributed by atoms with Gasteiger partial charge in [-0.25, -0.2) is 9.97 Å². The summed E-state index contributed by atoms with van der Waals surface area (Å²) in [5, 5.41) is 2.89. The van der Waals surface area contributed by atoms with Crippen LogP contribution in [-0.4, -0.2) is 34.5 Å². The lowest BCUT2D eigenvalue weighted by Gasteiger charge is -2.23. The summed E-state index contributed by atoms with van der Waals surface area (Å²) in [6.07, 6.45) is -3.01. The maximum Gasteiger partial charge on any atom is 0.433 e. The molecule has 2 rings (SSSR count). The molecule has 0 spiro atoms. The van der Waals surface area contributed by atoms with Crippen molar-refractivity contribution in [1.29, 1.82) is 0 Å². The minimum Gasteiger partial charge on any atom is -0.356 e. The summed E-state index contributed by atoms with van der Waals surface area (Å²) < 4.78 is 38.0. The number of anilines is 1. The van der Waals surface area contributed by atoms with Crippen LogP contribution in [0.3, 0.4) is 0 Å². The molecule has 1 unspecified atom stereocenters. The Labute approximate surface area is 126 Å². The predicted octanol–water partition coefficient (Wildman–Crippen LogP) is 2.24. The van der Waals surface area contributed by atoms with Crippen LogP contribution in [0, 0.1) is 5.92 Å². The van der Waals surface area contributed by atoms with Crippen molar-refractivity contribution >= 4 is 11.7 Å². The Morgan fingerprint density at radius 2 is 2.00 bits per heavy atom. The van der Waals surface area contributed by atoms with Crippen molar-refractivity contribution in [3.63, 3.8) is 0 Å². The number of nitrogens with one attached hydrogen (secondary N) is 1. The zero-order chi connectivity index (χ0) is 16.5. The van der Waals surface area contributed by atoms with E-state index in [9.17, 15) is 18.0 Å². The molecule has 1 aromatic rings. The molecule has 8 heteroatoms. The van der Waals surface area contributed by atoms with Crippen LogP contribution in [0.15, 0.2) is 12.4 Å². The maximum absolute atomic E-state index is 12.7. The molecule has 1 atom stereocenters. The van der Waals surface area contributed by atoms with Crippen LogP contribution in [0.5, 0.6) is 0 Å². The maximum atomic E-state index is 12.7. The van der Waals surface area contributed by atoms with Crippen LogP contribution in [-0.2, 0) is 11.0 Å². The van der Waals surface area contributed by atoms with E-state index in [1.807, 2.05) is 20.8 Å². The van der Waals surface area contributed by atoms with Crippen LogP contribution in [0.2, 0.25) is 0 Å². The summed E-state index contributed by atoms with van der Waals surface area (Å²) in [6, 6.07) is 0.921. The smallest absolute Gasteiger partial charge is 0.356 e. The Kier molecular flexibility index (Phi) is 4.30. The van der Waals surface area contributed by atoms with Gasteiger partial charge in [0.1, 0.15) is 17.8 Å². The van der Waals surface area contributed by atoms with Crippen molar-refractivity contribution in [3.05, 3.63) is 18.1 Å². The van der Waals surface area contributed by atoms with Gasteiger partial charge in [-0.15, -0.1) is 0 Å². The van der Waals surface area contributed by atoms with Crippen LogP contribution in [0.1, 0.15) is 32.9 Å². The molecule has 1 saturated heterocycles. The van der Waals surface area contributed by atoms with Gasteiger partial charge in [-0.05, 0) is 27.2 Å². The third-order valence-corrected chi connectivity index (χ3v) is 3.32. The van der Waals surface area contributed by atoms with Crippen LogP contribution in [0.25, 0.3) is 0 Å². The van der Waals surface area contributed by atoms with E-state index in [0.29, 0.717) is 19.5 Å². The largest absolute Gasteiger partial charge is 0.433 e. The van der Waals surface area contributed by atoms with E-state index < -0.39 is 11.9 Å². The number of aromatic nitrogens is 2. The standard InChI is InChI=1S/C14H19F3N4O/c1-13(2,3)20-12(22)9-4-5-21(7-9)11-6-10(14(15,16)17)18-8-19-11/h6,8-9H,4-5,7H2,1-3H3,(H,20,22). The molecule has 1 amide bonds. The number of alkyl halides is 3. The number of halogens is 3. The van der Waals surface area contributed by atoms with E-state index in [4.69, 9.17) is 0 Å². The normalized spacial score (nSPS) is 19.4. The fraction of sp³-hybridized carbons (Fsp3) is 0.643. The highest BCUT2D eigenvalue weighted by molar-refractivity contribution is 5.80. The molecule has 5 nitrogen and oxygen atoms in total. The summed E-state index contributed by atoms with van der Waals surface area (Å²) >= 11 is 0. The first kappa shape index (κ1) is 16.5. The Bertz CT molecular complexity index is 554. The van der Waals surface area contributed by atoms with E-state index >= 15 is 0 Å². The van der Waals surface area contributed by atoms with Gasteiger partial charge in [0, 0.05) is 24.7 Å². The van der Waals surface area contributed by atoms with E-state index in [1.165, 1.54) is 0 Å². The van der Waals surface area contributed by atoms with E-state index in [1.54, 1.807) is 4.90 Å². The number of amides is 1. The van der Waals surface area contributed by atoms with Gasteiger partial charge in [-0.2, -0.15) is 13.2 Å². The molecule has 1 aliphatic heterocycles. The molecule has 22 heavy (non-hydrogen) atoms. The van der Waals surface area contributed by atoms with Crippen molar-refractivity contribution < 1.29 is 18.0 Å². The average molecular weight is 316 g/mol. The van der Waals surface area contributed by atoms with Crippen LogP contribution in [0.4, 0.5) is 19.0 Å². The van der Waals surface area contributed by atoms with Crippen molar-refractivity contribution in [3.8, 4) is 0 Å². The average Bonchev–Trinajstić information content (AvgIpc) is 2.85. The molecule has 1 aliphatic rings. The topological polar surface area (TPSA) is 58.1 Å². The first-order valence-electron chi connectivity index (χ1n) is 7.02. The number of hydrogen-bond donors (Lipinski definition) is 1. The van der Waals surface area contributed by atoms with Crippen molar-refractivity contribution in [2.75, 3.05) is 18.0 Å². The van der Waals surface area contributed by atoms with Gasteiger partial charge in [-0.1, -0.05) is 0 Å². The summed E-state index contributed by atoms with van der Waals surface area (Å²) in [7, 11) is 0. The summed E-state index contributed by atoms with van der Waals surface area (Å²) in [5.41, 5.74) is -1.30.